The summed E-state index contributed by atoms with van der Waals surface area (Å²) in [7, 11) is 3.59. The summed E-state index contributed by atoms with van der Waals surface area (Å²) < 4.78 is 13.7. The Balaban J connectivity index is 0.000000167. The third-order valence-corrected chi connectivity index (χ3v) is 15.4. The van der Waals surface area contributed by atoms with E-state index in [1.807, 2.05) is 18.2 Å². The number of nitrogens with zero attached hydrogens (tertiary/aromatic N) is 5. The smallest absolute Gasteiger partial charge is 0.307 e. The van der Waals surface area contributed by atoms with Crippen molar-refractivity contribution >= 4 is 11.9 Å². The lowest BCUT2D eigenvalue weighted by Gasteiger charge is -2.37. The van der Waals surface area contributed by atoms with E-state index in [2.05, 4.69) is 75.6 Å². The number of nitrogens with one attached hydrogen (secondary N) is 1. The van der Waals surface area contributed by atoms with Gasteiger partial charge in [0.25, 0.3) is 0 Å². The number of likely N-dealkylation sites (tertiary alicyclic amines) is 1. The van der Waals surface area contributed by atoms with E-state index in [1.54, 1.807) is 43.8 Å². The van der Waals surface area contributed by atoms with Gasteiger partial charge in [0.1, 0.15) is 11.5 Å². The normalized spacial score (nSPS) is 17.4. The van der Waals surface area contributed by atoms with Crippen LogP contribution in [0.5, 0.6) is 11.5 Å². The van der Waals surface area contributed by atoms with Crippen LogP contribution < -0.4 is 24.3 Å². The fourth-order valence-corrected chi connectivity index (χ4v) is 11.6. The van der Waals surface area contributed by atoms with E-state index < -0.39 is 5.97 Å². The Morgan fingerprint density at radius 3 is 1.47 bits per heavy atom. The molecule has 4 N–H and O–H groups in total. The number of rotatable bonds is 10. The topological polar surface area (TPSA) is 162 Å². The molecular formula is C60H74N6O7+2. The Bertz CT molecular complexity index is 2860. The van der Waals surface area contributed by atoms with Crippen LogP contribution in [0.4, 0.5) is 0 Å². The number of piperidine rings is 2. The lowest BCUT2D eigenvalue weighted by Crippen LogP contribution is -2.41. The minimum Gasteiger partial charge on any atom is -0.496 e. The number of aromatic nitrogens is 4. The zero-order chi connectivity index (χ0) is 51.6. The zero-order valence-corrected chi connectivity index (χ0v) is 43.6. The first-order chi connectivity index (χ1) is 35.3. The van der Waals surface area contributed by atoms with Gasteiger partial charge in [0.05, 0.1) is 38.4 Å². The van der Waals surface area contributed by atoms with Crippen LogP contribution in [0, 0.1) is 25.7 Å². The third-order valence-electron chi connectivity index (χ3n) is 15.4. The van der Waals surface area contributed by atoms with E-state index in [-0.39, 0.29) is 18.2 Å². The first kappa shape index (κ1) is 52.5. The Kier molecular flexibility index (Phi) is 17.4. The lowest BCUT2D eigenvalue weighted by atomic mass is 9.75. The van der Waals surface area contributed by atoms with Gasteiger partial charge < -0.3 is 24.8 Å². The summed E-state index contributed by atoms with van der Waals surface area (Å²) in [5.41, 5.74) is 17.6. The van der Waals surface area contributed by atoms with Crippen LogP contribution in [0.25, 0.3) is 0 Å². The zero-order valence-electron chi connectivity index (χ0n) is 43.6. The minimum absolute atomic E-state index is 0.0131. The molecule has 4 aliphatic rings. The number of carbonyl (C=O) groups excluding carboxylic acids is 1. The van der Waals surface area contributed by atoms with E-state index in [9.17, 15) is 14.8 Å². The van der Waals surface area contributed by atoms with Gasteiger partial charge in [0.15, 0.2) is 0 Å². The third kappa shape index (κ3) is 12.7. The first-order valence-corrected chi connectivity index (χ1v) is 26.2. The molecule has 1 amide bonds. The fourth-order valence-electron chi connectivity index (χ4n) is 11.6. The maximum Gasteiger partial charge on any atom is 0.307 e. The van der Waals surface area contributed by atoms with Gasteiger partial charge in [-0.1, -0.05) is 38.1 Å². The van der Waals surface area contributed by atoms with Crippen LogP contribution in [0.2, 0.25) is 0 Å². The molecule has 2 unspecified atom stereocenters. The van der Waals surface area contributed by atoms with Crippen molar-refractivity contribution < 1.29 is 44.0 Å². The van der Waals surface area contributed by atoms with Crippen LogP contribution in [0.1, 0.15) is 130 Å². The number of carbonyl (C=O) groups is 2. The fraction of sp³-hybridized carbons (Fsp3) is 0.433. The molecule has 384 valence electrons. The van der Waals surface area contributed by atoms with E-state index in [4.69, 9.17) is 29.8 Å². The van der Waals surface area contributed by atoms with Crippen molar-refractivity contribution in [2.24, 2.45) is 11.8 Å². The van der Waals surface area contributed by atoms with E-state index in [0.717, 1.165) is 104 Å². The average Bonchev–Trinajstić information content (AvgIpc) is 3.67. The summed E-state index contributed by atoms with van der Waals surface area (Å²) in [6.45, 7) is 12.4. The molecule has 2 fully saturated rings. The number of hydrogen-bond donors (Lipinski definition) is 4. The summed E-state index contributed by atoms with van der Waals surface area (Å²) in [6, 6.07) is 20.5. The van der Waals surface area contributed by atoms with Crippen molar-refractivity contribution in [1.82, 2.24) is 20.2 Å². The number of hydrogen-bond acceptors (Lipinski definition) is 9. The molecule has 13 heteroatoms. The number of carboxylic acid groups (broad SMARTS) is 1. The summed E-state index contributed by atoms with van der Waals surface area (Å²) in [5.74, 6) is 2.84. The van der Waals surface area contributed by atoms with Crippen molar-refractivity contribution in [2.45, 2.75) is 117 Å². The predicted octanol–water partition coefficient (Wildman–Crippen LogP) is 8.23. The molecule has 2 aliphatic carbocycles. The van der Waals surface area contributed by atoms with Gasteiger partial charge in [-0.3, -0.25) is 30.0 Å². The van der Waals surface area contributed by atoms with Crippen LogP contribution in [-0.2, 0) is 61.0 Å². The van der Waals surface area contributed by atoms with Gasteiger partial charge in [-0.15, -0.1) is 0 Å². The van der Waals surface area contributed by atoms with Crippen molar-refractivity contribution in [3.63, 3.8) is 0 Å². The van der Waals surface area contributed by atoms with Gasteiger partial charge >= 0.3 is 5.97 Å². The molecular weight excluding hydrogens is 917 g/mol. The van der Waals surface area contributed by atoms with E-state index in [1.165, 1.54) is 92.3 Å². The molecule has 73 heavy (non-hydrogen) atoms. The largest absolute Gasteiger partial charge is 0.496 e. The number of carboxylic acids is 1. The molecule has 2 aromatic carbocycles. The highest BCUT2D eigenvalue weighted by Gasteiger charge is 2.38. The maximum atomic E-state index is 13.0. The van der Waals surface area contributed by atoms with Crippen LogP contribution in [0.3, 0.4) is 0 Å². The molecule has 4 aromatic heterocycles. The summed E-state index contributed by atoms with van der Waals surface area (Å²) in [5, 5.41) is 30.1. The standard InChI is InChI=1S/C30H36N3O3.C23H30N2O.C7H7NO3/c1-4-21-17-25-6-5-24-15-20(2)16-26(36-3)28(24)29(30(25)31-19-21)23-9-11-32(12-10-23)27(34)18-22-7-13-33(35)14-8-22;1-4-16-13-19-6-5-18-11-15(2)12-20(26-3)21(18)22(23(19)25-14-16)17-7-9-24-10-8-17;9-7(10)5-6-1-3-8(11)4-2-6/h7-8,13-17,19,23,29,35H,4-6,9-12,18H2,1-3H3;11-14,17,22,24H,4-10H2,1-3H3;1-4H,5H2,(H-,9,10,11)/q+1;;/p+1. The second-order valence-corrected chi connectivity index (χ2v) is 20.2. The number of methoxy groups -OCH3 is 2. The quantitative estimate of drug-likeness (QED) is 0.0778. The van der Waals surface area contributed by atoms with Crippen molar-refractivity contribution in [2.75, 3.05) is 40.4 Å². The van der Waals surface area contributed by atoms with E-state index >= 15 is 0 Å². The van der Waals surface area contributed by atoms with E-state index in [0.29, 0.717) is 29.7 Å². The Hall–Kier alpha value is -6.86. The van der Waals surface area contributed by atoms with Gasteiger partial charge in [0, 0.05) is 82.2 Å². The number of benzene rings is 2. The second-order valence-electron chi connectivity index (χ2n) is 20.2. The van der Waals surface area contributed by atoms with Crippen LogP contribution in [0.15, 0.2) is 97.8 Å². The van der Waals surface area contributed by atoms with Gasteiger partial charge in [-0.2, -0.15) is 0 Å². The monoisotopic (exact) mass is 991 g/mol. The Labute approximate surface area is 430 Å². The predicted molar refractivity (Wildman–Crippen MR) is 279 cm³/mol. The molecule has 0 saturated carbocycles. The SMILES string of the molecule is CCc1cnc2c(c1)CCc1cc(C)cc(OC)c1C2C1CCN(C(=O)Cc2cc[n+](O)cc2)CC1.CCc1cnc2c(c1)CCc1cc(C)cc(OC)c1C2C1CCNCC1.O=C(O)Cc1cc[n+](O)cc1. The number of amides is 1. The number of aliphatic carboxylic acids is 1. The molecule has 0 bridgehead atoms. The van der Waals surface area contributed by atoms with Gasteiger partial charge in [0.2, 0.25) is 30.7 Å². The van der Waals surface area contributed by atoms with Gasteiger partial charge in [-0.05, 0) is 171 Å². The van der Waals surface area contributed by atoms with Crippen molar-refractivity contribution in [3.8, 4) is 11.5 Å². The molecule has 0 spiro atoms. The number of ether oxygens (including phenoxy) is 2. The molecule has 2 atom stereocenters. The molecule has 2 aliphatic heterocycles. The second kappa shape index (κ2) is 24.2. The first-order valence-electron chi connectivity index (χ1n) is 26.2. The number of fused-ring (bicyclic) bond motifs is 4. The molecule has 10 rings (SSSR count). The highest BCUT2D eigenvalue weighted by Crippen LogP contribution is 2.48. The highest BCUT2D eigenvalue weighted by atomic mass is 16.5. The minimum atomic E-state index is -0.874. The molecule has 6 aromatic rings. The van der Waals surface area contributed by atoms with Crippen LogP contribution in [-0.4, -0.2) is 82.7 Å². The average molecular weight is 991 g/mol. The maximum absolute atomic E-state index is 13.0. The van der Waals surface area contributed by atoms with Crippen molar-refractivity contribution in [3.05, 3.63) is 176 Å². The highest BCUT2D eigenvalue weighted by molar-refractivity contribution is 5.78. The number of aryl methyl sites for hydroxylation is 8. The Morgan fingerprint density at radius 1 is 0.616 bits per heavy atom. The van der Waals surface area contributed by atoms with Gasteiger partial charge in [-0.25, -0.2) is 0 Å². The molecule has 2 saturated heterocycles. The molecule has 13 nitrogen and oxygen atoms in total. The summed E-state index contributed by atoms with van der Waals surface area (Å²) in [4.78, 5) is 35.3. The summed E-state index contributed by atoms with van der Waals surface area (Å²) in [6.07, 6.45) is 20.9. The molecule has 6 heterocycles. The Morgan fingerprint density at radius 2 is 1.04 bits per heavy atom. The van der Waals surface area contributed by atoms with Crippen LogP contribution >= 0.6 is 0 Å². The lowest BCUT2D eigenvalue weighted by molar-refractivity contribution is -0.904. The number of pyridine rings is 4. The summed E-state index contributed by atoms with van der Waals surface area (Å²) >= 11 is 0. The molecule has 0 radical (unpaired) electrons. The van der Waals surface area contributed by atoms with Crippen molar-refractivity contribution in [1.29, 1.82) is 0 Å².